The van der Waals surface area contributed by atoms with E-state index < -0.39 is 0 Å². The standard InChI is InChI=1S/C13H19NO/c1-2-11-5-7-12(8-6-11)14-9-3-4-13(15)10-14/h5-8,13,15H,2-4,9-10H2,1H3. The van der Waals surface area contributed by atoms with Crippen LogP contribution in [0.25, 0.3) is 0 Å². The molecule has 2 nitrogen and oxygen atoms in total. The van der Waals surface area contributed by atoms with Crippen molar-refractivity contribution in [3.05, 3.63) is 29.8 Å². The highest BCUT2D eigenvalue weighted by atomic mass is 16.3. The molecule has 0 bridgehead atoms. The summed E-state index contributed by atoms with van der Waals surface area (Å²) in [5.41, 5.74) is 2.61. The Kier molecular flexibility index (Phi) is 3.27. The van der Waals surface area contributed by atoms with Gasteiger partial charge in [-0.3, -0.25) is 0 Å². The van der Waals surface area contributed by atoms with Crippen LogP contribution in [-0.2, 0) is 6.42 Å². The summed E-state index contributed by atoms with van der Waals surface area (Å²) in [7, 11) is 0. The predicted octanol–water partition coefficient (Wildman–Crippen LogP) is 2.21. The SMILES string of the molecule is CCc1ccc(N2CCCC(O)C2)cc1. The minimum absolute atomic E-state index is 0.149. The topological polar surface area (TPSA) is 23.5 Å². The molecule has 2 heteroatoms. The Labute approximate surface area is 91.5 Å². The minimum atomic E-state index is -0.149. The lowest BCUT2D eigenvalue weighted by Crippen LogP contribution is -2.38. The van der Waals surface area contributed by atoms with Crippen LogP contribution in [0.4, 0.5) is 5.69 Å². The summed E-state index contributed by atoms with van der Waals surface area (Å²) in [6, 6.07) is 8.68. The molecule has 82 valence electrons. The van der Waals surface area contributed by atoms with Gasteiger partial charge in [0.15, 0.2) is 0 Å². The van der Waals surface area contributed by atoms with E-state index >= 15 is 0 Å². The third-order valence-electron chi connectivity index (χ3n) is 3.11. The van der Waals surface area contributed by atoms with Gasteiger partial charge in [-0.05, 0) is 37.0 Å². The molecule has 1 saturated heterocycles. The number of hydrogen-bond donors (Lipinski definition) is 1. The van der Waals surface area contributed by atoms with Gasteiger partial charge in [0.05, 0.1) is 6.10 Å². The van der Waals surface area contributed by atoms with Crippen molar-refractivity contribution in [2.45, 2.75) is 32.3 Å². The zero-order chi connectivity index (χ0) is 10.7. The van der Waals surface area contributed by atoms with Crippen molar-refractivity contribution < 1.29 is 5.11 Å². The predicted molar refractivity (Wildman–Crippen MR) is 63.3 cm³/mol. The molecule has 1 fully saturated rings. The van der Waals surface area contributed by atoms with Gasteiger partial charge in [-0.1, -0.05) is 19.1 Å². The Morgan fingerprint density at radius 2 is 2.07 bits per heavy atom. The molecule has 0 saturated carbocycles. The van der Waals surface area contributed by atoms with E-state index in [4.69, 9.17) is 0 Å². The van der Waals surface area contributed by atoms with Gasteiger partial charge in [-0.25, -0.2) is 0 Å². The second-order valence-corrected chi connectivity index (χ2v) is 4.26. The number of benzene rings is 1. The molecule has 15 heavy (non-hydrogen) atoms. The molecule has 0 amide bonds. The molecule has 0 aromatic heterocycles. The lowest BCUT2D eigenvalue weighted by Gasteiger charge is -2.32. The number of piperidine rings is 1. The van der Waals surface area contributed by atoms with Gasteiger partial charge >= 0.3 is 0 Å². The molecule has 1 aromatic carbocycles. The van der Waals surface area contributed by atoms with Crippen LogP contribution in [-0.4, -0.2) is 24.3 Å². The molecule has 1 heterocycles. The maximum atomic E-state index is 9.60. The Balaban J connectivity index is 2.07. The Hall–Kier alpha value is -1.02. The van der Waals surface area contributed by atoms with Crippen LogP contribution in [0.15, 0.2) is 24.3 Å². The van der Waals surface area contributed by atoms with Gasteiger partial charge in [-0.15, -0.1) is 0 Å². The van der Waals surface area contributed by atoms with Crippen LogP contribution >= 0.6 is 0 Å². The average Bonchev–Trinajstić information content (AvgIpc) is 2.29. The summed E-state index contributed by atoms with van der Waals surface area (Å²) in [6.45, 7) is 4.02. The molecule has 1 N–H and O–H groups in total. The van der Waals surface area contributed by atoms with E-state index in [9.17, 15) is 5.11 Å². The molecular formula is C13H19NO. The van der Waals surface area contributed by atoms with Crippen LogP contribution in [0.3, 0.4) is 0 Å². The number of anilines is 1. The summed E-state index contributed by atoms with van der Waals surface area (Å²) in [4.78, 5) is 2.27. The van der Waals surface area contributed by atoms with Crippen molar-refractivity contribution in [1.82, 2.24) is 0 Å². The number of hydrogen-bond acceptors (Lipinski definition) is 2. The second-order valence-electron chi connectivity index (χ2n) is 4.26. The lowest BCUT2D eigenvalue weighted by molar-refractivity contribution is 0.154. The first-order chi connectivity index (χ1) is 7.29. The summed E-state index contributed by atoms with van der Waals surface area (Å²) in [5.74, 6) is 0. The molecule has 0 spiro atoms. The number of rotatable bonds is 2. The van der Waals surface area contributed by atoms with E-state index in [1.807, 2.05) is 0 Å². The third kappa shape index (κ3) is 2.51. The first kappa shape index (κ1) is 10.5. The number of aryl methyl sites for hydroxylation is 1. The van der Waals surface area contributed by atoms with Gasteiger partial charge in [0.2, 0.25) is 0 Å². The molecule has 2 rings (SSSR count). The Morgan fingerprint density at radius 1 is 1.33 bits per heavy atom. The number of aliphatic hydroxyl groups is 1. The monoisotopic (exact) mass is 205 g/mol. The van der Waals surface area contributed by atoms with Gasteiger partial charge < -0.3 is 10.0 Å². The molecule has 1 unspecified atom stereocenters. The van der Waals surface area contributed by atoms with Crippen molar-refractivity contribution in [3.8, 4) is 0 Å². The van der Waals surface area contributed by atoms with E-state index in [-0.39, 0.29) is 6.10 Å². The number of aliphatic hydroxyl groups excluding tert-OH is 1. The zero-order valence-electron chi connectivity index (χ0n) is 9.32. The minimum Gasteiger partial charge on any atom is -0.391 e. The van der Waals surface area contributed by atoms with Crippen LogP contribution < -0.4 is 4.90 Å². The van der Waals surface area contributed by atoms with Crippen LogP contribution in [0.5, 0.6) is 0 Å². The van der Waals surface area contributed by atoms with E-state index in [1.165, 1.54) is 11.3 Å². The number of nitrogens with zero attached hydrogens (tertiary/aromatic N) is 1. The molecule has 1 aliphatic rings. The summed E-state index contributed by atoms with van der Waals surface area (Å²) >= 11 is 0. The molecule has 0 radical (unpaired) electrons. The first-order valence-corrected chi connectivity index (χ1v) is 5.81. The fourth-order valence-electron chi connectivity index (χ4n) is 2.13. The lowest BCUT2D eigenvalue weighted by atomic mass is 10.1. The normalized spacial score (nSPS) is 21.7. The van der Waals surface area contributed by atoms with Crippen molar-refractivity contribution in [3.63, 3.8) is 0 Å². The fraction of sp³-hybridized carbons (Fsp3) is 0.538. The van der Waals surface area contributed by atoms with Crippen molar-refractivity contribution in [2.24, 2.45) is 0 Å². The van der Waals surface area contributed by atoms with Crippen molar-refractivity contribution >= 4 is 5.69 Å². The summed E-state index contributed by atoms with van der Waals surface area (Å²) in [6.07, 6.45) is 2.98. The zero-order valence-corrected chi connectivity index (χ0v) is 9.32. The van der Waals surface area contributed by atoms with Crippen LogP contribution in [0.2, 0.25) is 0 Å². The van der Waals surface area contributed by atoms with Crippen LogP contribution in [0, 0.1) is 0 Å². The highest BCUT2D eigenvalue weighted by Crippen LogP contribution is 2.20. The van der Waals surface area contributed by atoms with Gasteiger partial charge in [0.1, 0.15) is 0 Å². The largest absolute Gasteiger partial charge is 0.391 e. The highest BCUT2D eigenvalue weighted by molar-refractivity contribution is 5.48. The van der Waals surface area contributed by atoms with Gasteiger partial charge in [0, 0.05) is 18.8 Å². The number of β-amino-alcohol motifs (C(OH)–C–C–N with tert-alkyl or cyclic N) is 1. The van der Waals surface area contributed by atoms with Gasteiger partial charge in [-0.2, -0.15) is 0 Å². The second kappa shape index (κ2) is 4.67. The van der Waals surface area contributed by atoms with Crippen LogP contribution in [0.1, 0.15) is 25.3 Å². The van der Waals surface area contributed by atoms with E-state index in [2.05, 4.69) is 36.1 Å². The van der Waals surface area contributed by atoms with Crippen molar-refractivity contribution in [1.29, 1.82) is 0 Å². The molecular weight excluding hydrogens is 186 g/mol. The fourth-order valence-corrected chi connectivity index (χ4v) is 2.13. The molecule has 1 aromatic rings. The van der Waals surface area contributed by atoms with E-state index in [0.717, 1.165) is 32.4 Å². The smallest absolute Gasteiger partial charge is 0.0715 e. The molecule has 1 atom stereocenters. The Morgan fingerprint density at radius 3 is 2.67 bits per heavy atom. The first-order valence-electron chi connectivity index (χ1n) is 5.81. The highest BCUT2D eigenvalue weighted by Gasteiger charge is 2.17. The Bertz CT molecular complexity index is 307. The maximum absolute atomic E-state index is 9.60. The quantitative estimate of drug-likeness (QED) is 0.800. The van der Waals surface area contributed by atoms with E-state index in [0.29, 0.717) is 0 Å². The molecule has 0 aliphatic carbocycles. The van der Waals surface area contributed by atoms with Crippen molar-refractivity contribution in [2.75, 3.05) is 18.0 Å². The summed E-state index contributed by atoms with van der Waals surface area (Å²) < 4.78 is 0. The maximum Gasteiger partial charge on any atom is 0.0715 e. The summed E-state index contributed by atoms with van der Waals surface area (Å²) in [5, 5.41) is 9.60. The third-order valence-corrected chi connectivity index (χ3v) is 3.11. The molecule has 1 aliphatic heterocycles. The van der Waals surface area contributed by atoms with E-state index in [1.54, 1.807) is 0 Å². The average molecular weight is 205 g/mol. The van der Waals surface area contributed by atoms with Gasteiger partial charge in [0.25, 0.3) is 0 Å².